The quantitative estimate of drug-likeness (QED) is 0.386. The molecule has 0 saturated carbocycles. The second kappa shape index (κ2) is 10.9. The van der Waals surface area contributed by atoms with Gasteiger partial charge in [-0.3, -0.25) is 4.79 Å². The van der Waals surface area contributed by atoms with Crippen LogP contribution in [0.3, 0.4) is 0 Å². The summed E-state index contributed by atoms with van der Waals surface area (Å²) in [5.74, 6) is 0.0513. The number of hydrogen-bond donors (Lipinski definition) is 1. The lowest BCUT2D eigenvalue weighted by atomic mass is 10.2. The van der Waals surface area contributed by atoms with E-state index in [1.807, 2.05) is 61.5 Å². The van der Waals surface area contributed by atoms with Gasteiger partial charge in [-0.2, -0.15) is 9.41 Å². The molecule has 3 aromatic carbocycles. The number of nitrogens with zero attached hydrogens (tertiary/aromatic N) is 2. The first-order valence-electron chi connectivity index (χ1n) is 10.4. The summed E-state index contributed by atoms with van der Waals surface area (Å²) >= 11 is 0. The molecule has 1 N–H and O–H groups in total. The molecule has 0 atom stereocenters. The minimum Gasteiger partial charge on any atom is -0.496 e. The first-order chi connectivity index (χ1) is 15.8. The third-order valence-electron chi connectivity index (χ3n) is 4.97. The molecule has 0 radical (unpaired) electrons. The molecule has 0 spiro atoms. The van der Waals surface area contributed by atoms with Crippen LogP contribution in [0.1, 0.15) is 22.3 Å². The van der Waals surface area contributed by atoms with Crippen LogP contribution < -0.4 is 10.2 Å². The predicted molar refractivity (Wildman–Crippen MR) is 129 cm³/mol. The summed E-state index contributed by atoms with van der Waals surface area (Å²) in [6.45, 7) is 3.39. The van der Waals surface area contributed by atoms with Crippen molar-refractivity contribution >= 4 is 22.1 Å². The summed E-state index contributed by atoms with van der Waals surface area (Å²) in [7, 11) is -2.43. The van der Waals surface area contributed by atoms with Gasteiger partial charge in [0.05, 0.1) is 24.8 Å². The van der Waals surface area contributed by atoms with E-state index in [1.54, 1.807) is 19.1 Å². The molecule has 0 heterocycles. The van der Waals surface area contributed by atoms with Crippen molar-refractivity contribution in [3.63, 3.8) is 0 Å². The Bertz CT molecular complexity index is 1240. The average Bonchev–Trinajstić information content (AvgIpc) is 2.79. The van der Waals surface area contributed by atoms with Gasteiger partial charge in [0.2, 0.25) is 10.0 Å². The van der Waals surface area contributed by atoms with Crippen molar-refractivity contribution in [3.05, 3.63) is 95.1 Å². The fourth-order valence-electron chi connectivity index (χ4n) is 3.30. The van der Waals surface area contributed by atoms with E-state index in [2.05, 4.69) is 10.5 Å². The van der Waals surface area contributed by atoms with Gasteiger partial charge in [-0.25, -0.2) is 13.8 Å². The lowest BCUT2D eigenvalue weighted by Crippen LogP contribution is -2.39. The molecule has 3 rings (SSSR count). The number of nitrogens with one attached hydrogen (secondary N) is 1. The summed E-state index contributed by atoms with van der Waals surface area (Å²) in [6.07, 6.45) is 1.52. The number of ether oxygens (including phenoxy) is 1. The maximum absolute atomic E-state index is 13.4. The van der Waals surface area contributed by atoms with Crippen molar-refractivity contribution in [2.75, 3.05) is 13.7 Å². The number of hydrogen-bond acceptors (Lipinski definition) is 5. The van der Waals surface area contributed by atoms with Crippen molar-refractivity contribution in [1.29, 1.82) is 0 Å². The largest absolute Gasteiger partial charge is 0.496 e. The van der Waals surface area contributed by atoms with Gasteiger partial charge in [0, 0.05) is 6.54 Å². The van der Waals surface area contributed by atoms with Crippen LogP contribution in [-0.4, -0.2) is 38.5 Å². The van der Waals surface area contributed by atoms with Crippen LogP contribution in [0.5, 0.6) is 5.75 Å². The molecule has 0 aromatic heterocycles. The summed E-state index contributed by atoms with van der Waals surface area (Å²) < 4.78 is 33.2. The van der Waals surface area contributed by atoms with Crippen molar-refractivity contribution in [2.45, 2.75) is 25.3 Å². The standard InChI is InChI=1S/C25H27N3O4S/c1-19-8-7-11-22(14-19)16-26-27-25(29)18-28(17-21-9-5-4-6-10-21)33(30,31)23-12-13-24(32-3)20(2)15-23/h4-16H,17-18H2,1-3H3,(H,27,29). The summed E-state index contributed by atoms with van der Waals surface area (Å²) in [6, 6.07) is 21.4. The molecule has 0 fully saturated rings. The minimum atomic E-state index is -3.96. The highest BCUT2D eigenvalue weighted by Crippen LogP contribution is 2.24. The minimum absolute atomic E-state index is 0.0449. The molecule has 0 saturated heterocycles. The van der Waals surface area contributed by atoms with Gasteiger partial charge in [0.1, 0.15) is 5.75 Å². The van der Waals surface area contributed by atoms with Gasteiger partial charge in [-0.05, 0) is 48.7 Å². The van der Waals surface area contributed by atoms with E-state index in [0.717, 1.165) is 21.0 Å². The van der Waals surface area contributed by atoms with E-state index in [1.165, 1.54) is 19.4 Å². The molecular weight excluding hydrogens is 438 g/mol. The summed E-state index contributed by atoms with van der Waals surface area (Å²) in [4.78, 5) is 12.7. The molecule has 0 bridgehead atoms. The van der Waals surface area contributed by atoms with Crippen molar-refractivity contribution in [2.24, 2.45) is 5.10 Å². The van der Waals surface area contributed by atoms with Crippen molar-refractivity contribution in [1.82, 2.24) is 9.73 Å². The Morgan fingerprint density at radius 3 is 2.45 bits per heavy atom. The van der Waals surface area contributed by atoms with E-state index >= 15 is 0 Å². The van der Waals surface area contributed by atoms with Crippen LogP contribution in [0.4, 0.5) is 0 Å². The molecular formula is C25H27N3O4S. The topological polar surface area (TPSA) is 88.1 Å². The van der Waals surface area contributed by atoms with Gasteiger partial charge in [-0.1, -0.05) is 60.2 Å². The highest BCUT2D eigenvalue weighted by Gasteiger charge is 2.27. The number of carbonyl (C=O) groups excluding carboxylic acids is 1. The van der Waals surface area contributed by atoms with Crippen LogP contribution in [0.15, 0.2) is 82.8 Å². The van der Waals surface area contributed by atoms with Gasteiger partial charge in [-0.15, -0.1) is 0 Å². The van der Waals surface area contributed by atoms with E-state index in [0.29, 0.717) is 11.3 Å². The van der Waals surface area contributed by atoms with Gasteiger partial charge in [0.15, 0.2) is 0 Å². The second-order valence-electron chi connectivity index (χ2n) is 7.60. The molecule has 0 aliphatic heterocycles. The molecule has 172 valence electrons. The van der Waals surface area contributed by atoms with Gasteiger partial charge >= 0.3 is 0 Å². The molecule has 0 unspecified atom stereocenters. The van der Waals surface area contributed by atoms with Gasteiger partial charge < -0.3 is 4.74 Å². The number of aryl methyl sites for hydroxylation is 2. The average molecular weight is 466 g/mol. The predicted octanol–water partition coefficient (Wildman–Crippen LogP) is 3.65. The zero-order valence-electron chi connectivity index (χ0n) is 18.9. The van der Waals surface area contributed by atoms with Crippen LogP contribution in [0.25, 0.3) is 0 Å². The number of hydrazone groups is 1. The Hall–Kier alpha value is -3.49. The molecule has 3 aromatic rings. The molecule has 0 aliphatic carbocycles. The Labute approximate surface area is 194 Å². The summed E-state index contributed by atoms with van der Waals surface area (Å²) in [5, 5.41) is 3.97. The lowest BCUT2D eigenvalue weighted by molar-refractivity contribution is -0.121. The van der Waals surface area contributed by atoms with E-state index in [4.69, 9.17) is 4.74 Å². The Morgan fingerprint density at radius 1 is 1.03 bits per heavy atom. The smallest absolute Gasteiger partial charge is 0.255 e. The zero-order chi connectivity index (χ0) is 23.8. The van der Waals surface area contributed by atoms with Crippen molar-refractivity contribution in [3.8, 4) is 5.75 Å². The number of carbonyl (C=O) groups is 1. The van der Waals surface area contributed by atoms with E-state index < -0.39 is 15.9 Å². The monoisotopic (exact) mass is 465 g/mol. The van der Waals surface area contributed by atoms with E-state index in [9.17, 15) is 13.2 Å². The third-order valence-corrected chi connectivity index (χ3v) is 6.76. The zero-order valence-corrected chi connectivity index (χ0v) is 19.7. The Kier molecular flexibility index (Phi) is 7.97. The number of benzene rings is 3. The van der Waals surface area contributed by atoms with E-state index in [-0.39, 0.29) is 18.0 Å². The normalized spacial score (nSPS) is 11.6. The van der Waals surface area contributed by atoms with Gasteiger partial charge in [0.25, 0.3) is 5.91 Å². The fraction of sp³-hybridized carbons (Fsp3) is 0.200. The lowest BCUT2D eigenvalue weighted by Gasteiger charge is -2.22. The van der Waals surface area contributed by atoms with Crippen LogP contribution in [0, 0.1) is 13.8 Å². The highest BCUT2D eigenvalue weighted by atomic mass is 32.2. The molecule has 33 heavy (non-hydrogen) atoms. The van der Waals surface area contributed by atoms with Crippen LogP contribution in [-0.2, 0) is 21.4 Å². The van der Waals surface area contributed by atoms with Crippen molar-refractivity contribution < 1.29 is 17.9 Å². The Morgan fingerprint density at radius 2 is 1.79 bits per heavy atom. The maximum atomic E-state index is 13.4. The Balaban J connectivity index is 1.81. The first-order valence-corrected chi connectivity index (χ1v) is 11.8. The maximum Gasteiger partial charge on any atom is 0.255 e. The fourth-order valence-corrected chi connectivity index (χ4v) is 4.77. The number of sulfonamides is 1. The van der Waals surface area contributed by atoms with Crippen LogP contribution >= 0.6 is 0 Å². The molecule has 7 nitrogen and oxygen atoms in total. The third kappa shape index (κ3) is 6.50. The molecule has 1 amide bonds. The number of amides is 1. The molecule has 0 aliphatic rings. The second-order valence-corrected chi connectivity index (χ2v) is 9.54. The summed E-state index contributed by atoms with van der Waals surface area (Å²) in [5.41, 5.74) is 5.78. The number of methoxy groups -OCH3 is 1. The van der Waals surface area contributed by atoms with Crippen LogP contribution in [0.2, 0.25) is 0 Å². The number of rotatable bonds is 9. The SMILES string of the molecule is COc1ccc(S(=O)(=O)N(CC(=O)NN=Cc2cccc(C)c2)Cc2ccccc2)cc1C. The highest BCUT2D eigenvalue weighted by molar-refractivity contribution is 7.89. The first kappa shape index (κ1) is 24.2. The molecule has 8 heteroatoms.